The summed E-state index contributed by atoms with van der Waals surface area (Å²) in [5.74, 6) is 0.766. The van der Waals surface area contributed by atoms with Gasteiger partial charge in [-0.25, -0.2) is 9.78 Å². The molecule has 4 rings (SSSR count). The molecule has 0 aliphatic carbocycles. The normalized spacial score (nSPS) is 10.6. The van der Waals surface area contributed by atoms with E-state index in [4.69, 9.17) is 4.74 Å². The number of para-hydroxylation sites is 1. The van der Waals surface area contributed by atoms with Crippen LogP contribution in [0.15, 0.2) is 66.7 Å². The highest BCUT2D eigenvalue weighted by Gasteiger charge is 2.12. The second-order valence-electron chi connectivity index (χ2n) is 6.03. The number of thiazole rings is 1. The number of hydrogen-bond donors (Lipinski definition) is 3. The number of carbonyl (C=O) groups excluding carboxylic acids is 1. The van der Waals surface area contributed by atoms with E-state index >= 15 is 0 Å². The molecular formula is C21H17N3O3S. The fraction of sp³-hybridized carbons (Fsp3) is 0.0476. The Labute approximate surface area is 165 Å². The molecule has 0 fully saturated rings. The quantitative estimate of drug-likeness (QED) is 0.439. The molecule has 0 unspecified atom stereocenters. The Balaban J connectivity index is 1.48. The number of rotatable bonds is 4. The molecule has 0 bridgehead atoms. The number of nitrogens with one attached hydrogen (secondary N) is 2. The lowest BCUT2D eigenvalue weighted by Gasteiger charge is -2.09. The molecule has 1 aromatic heterocycles. The predicted octanol–water partition coefficient (Wildman–Crippen LogP) is 5.32. The van der Waals surface area contributed by atoms with Crippen LogP contribution in [-0.4, -0.2) is 23.2 Å². The maximum atomic E-state index is 12.2. The second kappa shape index (κ2) is 7.58. The van der Waals surface area contributed by atoms with Crippen LogP contribution in [0.3, 0.4) is 0 Å². The Hall–Kier alpha value is -3.58. The van der Waals surface area contributed by atoms with E-state index in [0.29, 0.717) is 22.7 Å². The Morgan fingerprint density at radius 3 is 2.43 bits per heavy atom. The standard InChI is InChI=1S/C21H17N3O3S/c1-27-15-9-6-13(7-10-15)22-21(26)23-14-8-11-16(18(25)12-14)20-24-17-4-2-3-5-19(17)28-20/h2-12,25H,1H3,(H2,22,23,26). The van der Waals surface area contributed by atoms with Gasteiger partial charge in [-0.2, -0.15) is 0 Å². The predicted molar refractivity (Wildman–Crippen MR) is 112 cm³/mol. The van der Waals surface area contributed by atoms with Gasteiger partial charge < -0.3 is 20.5 Å². The van der Waals surface area contributed by atoms with Gasteiger partial charge in [0.25, 0.3) is 0 Å². The molecule has 0 atom stereocenters. The van der Waals surface area contributed by atoms with Crippen molar-refractivity contribution in [3.8, 4) is 22.1 Å². The van der Waals surface area contributed by atoms with Crippen molar-refractivity contribution in [1.29, 1.82) is 0 Å². The van der Waals surface area contributed by atoms with Gasteiger partial charge in [-0.3, -0.25) is 0 Å². The second-order valence-corrected chi connectivity index (χ2v) is 7.06. The smallest absolute Gasteiger partial charge is 0.323 e. The van der Waals surface area contributed by atoms with Gasteiger partial charge in [0.1, 0.15) is 16.5 Å². The first-order valence-corrected chi connectivity index (χ1v) is 9.35. The van der Waals surface area contributed by atoms with Crippen LogP contribution in [-0.2, 0) is 0 Å². The van der Waals surface area contributed by atoms with E-state index < -0.39 is 6.03 Å². The topological polar surface area (TPSA) is 83.5 Å². The molecule has 2 amide bonds. The Morgan fingerprint density at radius 1 is 1.00 bits per heavy atom. The number of anilines is 2. The summed E-state index contributed by atoms with van der Waals surface area (Å²) < 4.78 is 6.14. The minimum absolute atomic E-state index is 0.0568. The maximum Gasteiger partial charge on any atom is 0.323 e. The highest BCUT2D eigenvalue weighted by Crippen LogP contribution is 2.36. The van der Waals surface area contributed by atoms with Gasteiger partial charge in [-0.05, 0) is 48.5 Å². The van der Waals surface area contributed by atoms with Gasteiger partial charge >= 0.3 is 6.03 Å². The lowest BCUT2D eigenvalue weighted by Crippen LogP contribution is -2.19. The van der Waals surface area contributed by atoms with E-state index in [0.717, 1.165) is 15.2 Å². The van der Waals surface area contributed by atoms with Crippen LogP contribution in [0.25, 0.3) is 20.8 Å². The fourth-order valence-corrected chi connectivity index (χ4v) is 3.75. The van der Waals surface area contributed by atoms with Crippen molar-refractivity contribution in [2.24, 2.45) is 0 Å². The monoisotopic (exact) mass is 391 g/mol. The summed E-state index contributed by atoms with van der Waals surface area (Å²) in [5.41, 5.74) is 2.63. The van der Waals surface area contributed by atoms with Gasteiger partial charge in [-0.15, -0.1) is 11.3 Å². The number of ether oxygens (including phenoxy) is 1. The number of phenols is 1. The molecule has 140 valence electrons. The lowest BCUT2D eigenvalue weighted by atomic mass is 10.2. The number of phenolic OH excluding ortho intramolecular Hbond substituents is 1. The summed E-state index contributed by atoms with van der Waals surface area (Å²) in [6.45, 7) is 0. The average molecular weight is 391 g/mol. The number of nitrogens with zero attached hydrogens (tertiary/aromatic N) is 1. The summed E-state index contributed by atoms with van der Waals surface area (Å²) >= 11 is 1.51. The number of carbonyl (C=O) groups is 1. The molecule has 7 heteroatoms. The molecule has 28 heavy (non-hydrogen) atoms. The minimum Gasteiger partial charge on any atom is -0.507 e. The van der Waals surface area contributed by atoms with Crippen LogP contribution >= 0.6 is 11.3 Å². The fourth-order valence-electron chi connectivity index (χ4n) is 2.75. The third-order valence-corrected chi connectivity index (χ3v) is 5.20. The number of benzene rings is 3. The Bertz CT molecular complexity index is 1110. The molecular weight excluding hydrogens is 374 g/mol. The first-order valence-electron chi connectivity index (χ1n) is 8.53. The molecule has 0 saturated heterocycles. The third kappa shape index (κ3) is 3.74. The number of aromatic nitrogens is 1. The molecule has 4 aromatic rings. The number of methoxy groups -OCH3 is 1. The van der Waals surface area contributed by atoms with Crippen molar-refractivity contribution in [3.63, 3.8) is 0 Å². The van der Waals surface area contributed by atoms with Gasteiger partial charge in [-0.1, -0.05) is 12.1 Å². The molecule has 3 N–H and O–H groups in total. The van der Waals surface area contributed by atoms with E-state index in [1.807, 2.05) is 24.3 Å². The first kappa shape index (κ1) is 17.8. The Morgan fingerprint density at radius 2 is 1.71 bits per heavy atom. The maximum absolute atomic E-state index is 12.2. The van der Waals surface area contributed by atoms with Crippen molar-refractivity contribution in [2.45, 2.75) is 0 Å². The van der Waals surface area contributed by atoms with Crippen molar-refractivity contribution < 1.29 is 14.6 Å². The molecule has 0 aliphatic rings. The number of urea groups is 1. The van der Waals surface area contributed by atoms with Crippen molar-refractivity contribution >= 4 is 39.0 Å². The van der Waals surface area contributed by atoms with Crippen LogP contribution < -0.4 is 15.4 Å². The van der Waals surface area contributed by atoms with Gasteiger partial charge in [0.2, 0.25) is 0 Å². The summed E-state index contributed by atoms with van der Waals surface area (Å²) in [4.78, 5) is 16.7. The molecule has 0 spiro atoms. The zero-order valence-corrected chi connectivity index (χ0v) is 15.8. The number of aromatic hydroxyl groups is 1. The van der Waals surface area contributed by atoms with Crippen LogP contribution in [0.1, 0.15) is 0 Å². The SMILES string of the molecule is COc1ccc(NC(=O)Nc2ccc(-c3nc4ccccc4s3)c(O)c2)cc1. The molecule has 0 saturated carbocycles. The van der Waals surface area contributed by atoms with Gasteiger partial charge in [0.05, 0.1) is 22.9 Å². The Kier molecular flexibility index (Phi) is 4.82. The summed E-state index contributed by atoms with van der Waals surface area (Å²) in [7, 11) is 1.58. The zero-order chi connectivity index (χ0) is 19.5. The van der Waals surface area contributed by atoms with E-state index in [9.17, 15) is 9.90 Å². The molecule has 1 heterocycles. The summed E-state index contributed by atoms with van der Waals surface area (Å²) in [6, 6.07) is 19.4. The van der Waals surface area contributed by atoms with Gasteiger partial charge in [0, 0.05) is 17.4 Å². The summed E-state index contributed by atoms with van der Waals surface area (Å²) in [5, 5.41) is 16.6. The van der Waals surface area contributed by atoms with Gasteiger partial charge in [0.15, 0.2) is 0 Å². The van der Waals surface area contributed by atoms with E-state index in [1.54, 1.807) is 43.5 Å². The average Bonchev–Trinajstić information content (AvgIpc) is 3.12. The lowest BCUT2D eigenvalue weighted by molar-refractivity contribution is 0.262. The molecule has 0 radical (unpaired) electrons. The third-order valence-electron chi connectivity index (χ3n) is 4.13. The van der Waals surface area contributed by atoms with Crippen molar-refractivity contribution in [3.05, 3.63) is 66.7 Å². The molecule has 6 nitrogen and oxygen atoms in total. The number of fused-ring (bicyclic) bond motifs is 1. The minimum atomic E-state index is -0.405. The van der Waals surface area contributed by atoms with Crippen molar-refractivity contribution in [2.75, 3.05) is 17.7 Å². The number of hydrogen-bond acceptors (Lipinski definition) is 5. The van der Waals surface area contributed by atoms with Crippen LogP contribution in [0.5, 0.6) is 11.5 Å². The molecule has 0 aliphatic heterocycles. The van der Waals surface area contributed by atoms with Crippen LogP contribution in [0.4, 0.5) is 16.2 Å². The van der Waals surface area contributed by atoms with Crippen LogP contribution in [0, 0.1) is 0 Å². The summed E-state index contributed by atoms with van der Waals surface area (Å²) in [6.07, 6.45) is 0. The highest BCUT2D eigenvalue weighted by molar-refractivity contribution is 7.21. The van der Waals surface area contributed by atoms with Crippen LogP contribution in [0.2, 0.25) is 0 Å². The number of amides is 2. The van der Waals surface area contributed by atoms with E-state index in [2.05, 4.69) is 15.6 Å². The first-order chi connectivity index (χ1) is 13.6. The highest BCUT2D eigenvalue weighted by atomic mass is 32.1. The van der Waals surface area contributed by atoms with E-state index in [1.165, 1.54) is 17.4 Å². The largest absolute Gasteiger partial charge is 0.507 e. The van der Waals surface area contributed by atoms with Crippen molar-refractivity contribution in [1.82, 2.24) is 4.98 Å². The van der Waals surface area contributed by atoms with E-state index in [-0.39, 0.29) is 5.75 Å². The molecule has 3 aromatic carbocycles. The zero-order valence-electron chi connectivity index (χ0n) is 15.0.